The number of nitrogens with one attached hydrogen (secondary N) is 4. The number of hydrogen-bond acceptors (Lipinski definition) is 9. The first-order chi connectivity index (χ1) is 18.4. The molecule has 5 N–H and O–H groups in total. The average molecular weight is 523 g/mol. The van der Waals surface area contributed by atoms with E-state index in [1.807, 2.05) is 6.92 Å². The summed E-state index contributed by atoms with van der Waals surface area (Å²) in [5, 5.41) is 21.7. The van der Waals surface area contributed by atoms with Crippen LogP contribution < -0.4 is 27.2 Å². The van der Waals surface area contributed by atoms with E-state index in [-0.39, 0.29) is 41.6 Å². The van der Waals surface area contributed by atoms with Crippen LogP contribution in [0.25, 0.3) is 11.7 Å². The number of likely N-dealkylation sites (tertiary alicyclic amines) is 1. The molecule has 6 rings (SSSR count). The summed E-state index contributed by atoms with van der Waals surface area (Å²) >= 11 is 0. The second-order valence-corrected chi connectivity index (χ2v) is 10.6. The molecule has 2 aliphatic carbocycles. The summed E-state index contributed by atoms with van der Waals surface area (Å²) in [5.41, 5.74) is 0.755. The predicted molar refractivity (Wildman–Crippen MR) is 139 cm³/mol. The van der Waals surface area contributed by atoms with Crippen LogP contribution in [0.15, 0.2) is 16.0 Å². The van der Waals surface area contributed by atoms with E-state index in [4.69, 9.17) is 9.98 Å². The zero-order valence-electron chi connectivity index (χ0n) is 21.5. The Labute approximate surface area is 218 Å². The van der Waals surface area contributed by atoms with Crippen molar-refractivity contribution in [2.45, 2.75) is 82.5 Å². The zero-order valence-corrected chi connectivity index (χ0v) is 21.5. The number of carbonyl (C=O) groups is 1. The molecule has 4 heterocycles. The summed E-state index contributed by atoms with van der Waals surface area (Å²) < 4.78 is 1.59. The van der Waals surface area contributed by atoms with Crippen molar-refractivity contribution >= 4 is 23.6 Å². The van der Waals surface area contributed by atoms with E-state index in [1.165, 1.54) is 12.8 Å². The maximum Gasteiger partial charge on any atom is 0.326 e. The monoisotopic (exact) mass is 522 g/mol. The van der Waals surface area contributed by atoms with Gasteiger partial charge < -0.3 is 20.7 Å². The van der Waals surface area contributed by atoms with Crippen molar-refractivity contribution in [2.24, 2.45) is 4.99 Å². The van der Waals surface area contributed by atoms with Crippen molar-refractivity contribution in [3.05, 3.63) is 33.2 Å². The van der Waals surface area contributed by atoms with Gasteiger partial charge in [0.15, 0.2) is 5.65 Å². The number of H-pyrrole nitrogens is 2. The van der Waals surface area contributed by atoms with E-state index in [2.05, 4.69) is 35.6 Å². The summed E-state index contributed by atoms with van der Waals surface area (Å²) in [6.07, 6.45) is 11.2. The number of anilines is 1. The lowest BCUT2D eigenvalue weighted by atomic mass is 9.91. The summed E-state index contributed by atoms with van der Waals surface area (Å²) in [5.74, 6) is 0.347. The molecule has 3 aliphatic rings. The van der Waals surface area contributed by atoms with Gasteiger partial charge in [-0.25, -0.2) is 9.79 Å². The van der Waals surface area contributed by atoms with E-state index in [0.29, 0.717) is 22.4 Å². The van der Waals surface area contributed by atoms with E-state index >= 15 is 0 Å². The van der Waals surface area contributed by atoms with Crippen molar-refractivity contribution < 1.29 is 9.90 Å². The van der Waals surface area contributed by atoms with Gasteiger partial charge in [-0.3, -0.25) is 14.7 Å². The van der Waals surface area contributed by atoms with Crippen molar-refractivity contribution in [2.75, 3.05) is 18.4 Å². The van der Waals surface area contributed by atoms with Crippen molar-refractivity contribution in [1.82, 2.24) is 39.8 Å². The highest BCUT2D eigenvalue weighted by Gasteiger charge is 2.28. The fraction of sp³-hybridized carbons (Fsp3) is 0.600. The van der Waals surface area contributed by atoms with Crippen molar-refractivity contribution in [1.29, 1.82) is 0 Å². The Hall–Kier alpha value is -3.74. The number of hydrogen-bond donors (Lipinski definition) is 5. The standard InChI is InChI=1S/C25H34N10O3/c1-14(34-10-2-3-11-34)21(36)27-16-4-6-17(7-5-16)28-23-31-20-15(12-19-22(37)32-25(38)30-19)13-26-35(20)24(33-23)29-18-8-9-18/h12-14,16-18,37H,2-11H2,1H3,(H,27,36)(H,28,29,33)(H2,30,32,38)/b15-12+. The Bertz CT molecular complexity index is 1490. The molecule has 13 heteroatoms. The number of fused-ring (bicyclic) bond motifs is 1. The van der Waals surface area contributed by atoms with Gasteiger partial charge in [0.25, 0.3) is 5.62 Å². The molecular weight excluding hydrogens is 488 g/mol. The number of rotatable bonds is 7. The van der Waals surface area contributed by atoms with Gasteiger partial charge in [0.2, 0.25) is 17.7 Å². The topological polar surface area (TPSA) is 169 Å². The van der Waals surface area contributed by atoms with Gasteiger partial charge in [-0.15, -0.1) is 0 Å². The second kappa shape index (κ2) is 10.2. The lowest BCUT2D eigenvalue weighted by Crippen LogP contribution is -2.48. The molecule has 13 nitrogen and oxygen atoms in total. The minimum absolute atomic E-state index is 0.0743. The van der Waals surface area contributed by atoms with Gasteiger partial charge in [0.05, 0.1) is 18.3 Å². The number of aromatic nitrogens is 6. The average Bonchev–Trinajstić information content (AvgIpc) is 3.25. The quantitative estimate of drug-likeness (QED) is 0.284. The first-order valence-corrected chi connectivity index (χ1v) is 13.6. The highest BCUT2D eigenvalue weighted by Crippen LogP contribution is 2.23. The lowest BCUT2D eigenvalue weighted by Gasteiger charge is -2.31. The van der Waals surface area contributed by atoms with Crippen LogP contribution >= 0.6 is 0 Å². The Morgan fingerprint density at radius 3 is 2.55 bits per heavy atom. The van der Waals surface area contributed by atoms with Crippen LogP contribution in [0.1, 0.15) is 64.0 Å². The maximum absolute atomic E-state index is 12.7. The van der Waals surface area contributed by atoms with Crippen LogP contribution in [-0.4, -0.2) is 82.7 Å². The smallest absolute Gasteiger partial charge is 0.326 e. The minimum atomic E-state index is -0.496. The van der Waals surface area contributed by atoms with Crippen LogP contribution in [0, 0.1) is 0 Å². The maximum atomic E-state index is 12.7. The van der Waals surface area contributed by atoms with Crippen LogP contribution in [-0.2, 0) is 4.79 Å². The third kappa shape index (κ3) is 5.28. The Morgan fingerprint density at radius 2 is 1.87 bits per heavy atom. The van der Waals surface area contributed by atoms with Gasteiger partial charge in [0.1, 0.15) is 5.69 Å². The molecule has 0 radical (unpaired) electrons. The molecule has 1 atom stereocenters. The van der Waals surface area contributed by atoms with Gasteiger partial charge in [-0.1, -0.05) is 0 Å². The highest BCUT2D eigenvalue weighted by atomic mass is 16.3. The molecule has 38 heavy (non-hydrogen) atoms. The Balaban J connectivity index is 1.18. The number of imidazole rings is 1. The fourth-order valence-corrected chi connectivity index (χ4v) is 5.33. The molecule has 3 aromatic heterocycles. The molecule has 3 aromatic rings. The molecule has 2 saturated carbocycles. The zero-order chi connectivity index (χ0) is 26.2. The van der Waals surface area contributed by atoms with E-state index in [1.54, 1.807) is 16.8 Å². The van der Waals surface area contributed by atoms with Crippen LogP contribution in [0.5, 0.6) is 5.88 Å². The van der Waals surface area contributed by atoms with Crippen LogP contribution in [0.2, 0.25) is 0 Å². The largest absolute Gasteiger partial charge is 0.493 e. The number of aromatic hydroxyl groups is 1. The molecule has 3 fully saturated rings. The molecule has 1 saturated heterocycles. The first-order valence-electron chi connectivity index (χ1n) is 13.6. The number of aromatic amines is 2. The number of carbonyl (C=O) groups excluding carboxylic acids is 1. The van der Waals surface area contributed by atoms with Crippen LogP contribution in [0.4, 0.5) is 5.95 Å². The van der Waals surface area contributed by atoms with E-state index in [0.717, 1.165) is 51.6 Å². The van der Waals surface area contributed by atoms with Gasteiger partial charge in [-0.05, 0) is 77.5 Å². The predicted octanol–water partition coefficient (Wildman–Crippen LogP) is -0.219. The van der Waals surface area contributed by atoms with Crippen molar-refractivity contribution in [3.63, 3.8) is 0 Å². The van der Waals surface area contributed by atoms with E-state index < -0.39 is 5.69 Å². The van der Waals surface area contributed by atoms with Gasteiger partial charge in [0, 0.05) is 17.3 Å². The third-order valence-electron chi connectivity index (χ3n) is 7.73. The molecule has 0 aromatic carbocycles. The summed E-state index contributed by atoms with van der Waals surface area (Å²) in [7, 11) is 0. The minimum Gasteiger partial charge on any atom is -0.493 e. The first kappa shape index (κ1) is 24.6. The molecule has 1 aliphatic heterocycles. The Morgan fingerprint density at radius 1 is 1.13 bits per heavy atom. The number of nitrogens with zero attached hydrogens (tertiary/aromatic N) is 6. The van der Waals surface area contributed by atoms with E-state index in [9.17, 15) is 14.7 Å². The summed E-state index contributed by atoms with van der Waals surface area (Å²) in [4.78, 5) is 45.5. The van der Waals surface area contributed by atoms with Crippen LogP contribution in [0.3, 0.4) is 0 Å². The molecule has 0 bridgehead atoms. The molecule has 1 unspecified atom stereocenters. The molecule has 1 amide bonds. The lowest BCUT2D eigenvalue weighted by molar-refractivity contribution is -0.126. The fourth-order valence-electron chi connectivity index (χ4n) is 5.33. The molecular formula is C25H34N10O3. The Kier molecular flexibility index (Phi) is 6.60. The SMILES string of the molecule is CC(C(=O)NC1CCC(Nc2nc(=NC3CC3)n3nc/c(=C\c4[nH]c(=O)[nH]c4O)c3n2)CC1)N1CCCC1. The number of amides is 1. The summed E-state index contributed by atoms with van der Waals surface area (Å²) in [6, 6.07) is 0.525. The normalized spacial score (nSPS) is 24.2. The second-order valence-electron chi connectivity index (χ2n) is 10.6. The molecule has 0 spiro atoms. The van der Waals surface area contributed by atoms with Gasteiger partial charge >= 0.3 is 5.69 Å². The molecule has 202 valence electrons. The van der Waals surface area contributed by atoms with Crippen molar-refractivity contribution in [3.8, 4) is 5.88 Å². The van der Waals surface area contributed by atoms with Gasteiger partial charge in [-0.2, -0.15) is 19.6 Å². The summed E-state index contributed by atoms with van der Waals surface area (Å²) in [6.45, 7) is 4.01. The third-order valence-corrected chi connectivity index (χ3v) is 7.73. The highest BCUT2D eigenvalue weighted by molar-refractivity contribution is 5.81.